The smallest absolute Gasteiger partial charge is 0.150 e. The average Bonchev–Trinajstić information content (AvgIpc) is 3.23. The van der Waals surface area contributed by atoms with Gasteiger partial charge in [-0.15, -0.1) is 0 Å². The molecule has 0 N–H and O–H groups in total. The van der Waals surface area contributed by atoms with E-state index in [4.69, 9.17) is 14.7 Å². The van der Waals surface area contributed by atoms with Crippen molar-refractivity contribution in [3.8, 4) is 17.0 Å². The van der Waals surface area contributed by atoms with Gasteiger partial charge >= 0.3 is 0 Å². The minimum absolute atomic E-state index is 0.390. The van der Waals surface area contributed by atoms with Crippen LogP contribution < -0.4 is 4.74 Å². The van der Waals surface area contributed by atoms with Gasteiger partial charge in [-0.1, -0.05) is 45.9 Å². The molecule has 5 nitrogen and oxygen atoms in total. The quantitative estimate of drug-likeness (QED) is 0.324. The first-order chi connectivity index (χ1) is 15.0. The second-order valence-corrected chi connectivity index (χ2v) is 8.59. The summed E-state index contributed by atoms with van der Waals surface area (Å²) in [5, 5.41) is 3.10. The number of ether oxygens (including phenoxy) is 1. The Bertz CT molecular complexity index is 1410. The van der Waals surface area contributed by atoms with Crippen LogP contribution in [0.4, 0.5) is 0 Å². The molecule has 0 aliphatic heterocycles. The van der Waals surface area contributed by atoms with Crippen molar-refractivity contribution in [2.24, 2.45) is 0 Å². The van der Waals surface area contributed by atoms with Crippen LogP contribution in [0.15, 0.2) is 55.1 Å². The Morgan fingerprint density at radius 1 is 0.806 bits per heavy atom. The summed E-state index contributed by atoms with van der Waals surface area (Å²) >= 11 is 0. The third kappa shape index (κ3) is 2.95. The summed E-state index contributed by atoms with van der Waals surface area (Å²) in [6.45, 7) is 8.97. The molecule has 0 aliphatic carbocycles. The van der Waals surface area contributed by atoms with Crippen molar-refractivity contribution in [2.75, 3.05) is 7.11 Å². The third-order valence-corrected chi connectivity index (χ3v) is 6.05. The summed E-state index contributed by atoms with van der Waals surface area (Å²) in [7, 11) is 1.69. The van der Waals surface area contributed by atoms with Gasteiger partial charge in [0.05, 0.1) is 19.0 Å². The van der Waals surface area contributed by atoms with Crippen LogP contribution in [0.1, 0.15) is 50.7 Å². The summed E-state index contributed by atoms with van der Waals surface area (Å²) in [6.07, 6.45) is 5.49. The summed E-state index contributed by atoms with van der Waals surface area (Å²) in [4.78, 5) is 13.9. The lowest BCUT2D eigenvalue weighted by atomic mass is 9.87. The fraction of sp³-hybridized carbons (Fsp3) is 0.269. The minimum atomic E-state index is 0.390. The van der Waals surface area contributed by atoms with E-state index >= 15 is 0 Å². The molecule has 2 aromatic carbocycles. The number of rotatable bonds is 4. The maximum Gasteiger partial charge on any atom is 0.150 e. The van der Waals surface area contributed by atoms with Crippen LogP contribution in [-0.2, 0) is 0 Å². The fourth-order valence-corrected chi connectivity index (χ4v) is 4.54. The number of fused-ring (bicyclic) bond motifs is 6. The summed E-state index contributed by atoms with van der Waals surface area (Å²) < 4.78 is 7.69. The highest BCUT2D eigenvalue weighted by Gasteiger charge is 2.21. The predicted molar refractivity (Wildman–Crippen MR) is 126 cm³/mol. The molecule has 0 saturated heterocycles. The Morgan fingerprint density at radius 2 is 1.52 bits per heavy atom. The van der Waals surface area contributed by atoms with Crippen molar-refractivity contribution < 1.29 is 4.74 Å². The van der Waals surface area contributed by atoms with Crippen molar-refractivity contribution >= 4 is 27.5 Å². The van der Waals surface area contributed by atoms with Crippen LogP contribution in [-0.4, -0.2) is 26.5 Å². The molecule has 0 radical (unpaired) electrons. The first kappa shape index (κ1) is 19.5. The Labute approximate surface area is 181 Å². The van der Waals surface area contributed by atoms with Crippen molar-refractivity contribution in [3.63, 3.8) is 0 Å². The summed E-state index contributed by atoms with van der Waals surface area (Å²) in [5.41, 5.74) is 6.70. The van der Waals surface area contributed by atoms with E-state index in [0.29, 0.717) is 11.8 Å². The molecule has 3 heterocycles. The molecule has 5 rings (SSSR count). The van der Waals surface area contributed by atoms with Crippen LogP contribution >= 0.6 is 0 Å². The van der Waals surface area contributed by atoms with E-state index in [1.165, 1.54) is 16.7 Å². The van der Waals surface area contributed by atoms with Crippen molar-refractivity contribution in [1.82, 2.24) is 19.4 Å². The van der Waals surface area contributed by atoms with Gasteiger partial charge in [0.2, 0.25) is 0 Å². The normalized spacial score (nSPS) is 12.0. The zero-order valence-electron chi connectivity index (χ0n) is 18.5. The van der Waals surface area contributed by atoms with Gasteiger partial charge in [0.25, 0.3) is 0 Å². The molecule has 0 spiro atoms. The molecule has 0 fully saturated rings. The number of nitrogens with zero attached hydrogens (tertiary/aromatic N) is 4. The lowest BCUT2D eigenvalue weighted by molar-refractivity contribution is 0.415. The SMILES string of the molecule is COc1ccc2c3cncnc3n3c(-c4c(C(C)C)cccc4C(C)C)cnc3c2c1. The number of methoxy groups -OCH3 is 1. The van der Waals surface area contributed by atoms with Crippen molar-refractivity contribution in [2.45, 2.75) is 39.5 Å². The number of benzene rings is 2. The lowest BCUT2D eigenvalue weighted by Gasteiger charge is -2.20. The van der Waals surface area contributed by atoms with E-state index in [0.717, 1.165) is 38.9 Å². The van der Waals surface area contributed by atoms with E-state index in [1.54, 1.807) is 13.4 Å². The largest absolute Gasteiger partial charge is 0.497 e. The monoisotopic (exact) mass is 410 g/mol. The molecule has 0 aliphatic rings. The molecule has 0 saturated carbocycles. The van der Waals surface area contributed by atoms with Crippen molar-refractivity contribution in [3.05, 3.63) is 66.2 Å². The van der Waals surface area contributed by atoms with Crippen molar-refractivity contribution in [1.29, 1.82) is 0 Å². The van der Waals surface area contributed by atoms with Gasteiger partial charge in [-0.05, 0) is 46.5 Å². The first-order valence-corrected chi connectivity index (χ1v) is 10.7. The van der Waals surface area contributed by atoms with Crippen LogP contribution in [0.25, 0.3) is 38.7 Å². The maximum atomic E-state index is 5.51. The van der Waals surface area contributed by atoms with Gasteiger partial charge < -0.3 is 4.74 Å². The van der Waals surface area contributed by atoms with Gasteiger partial charge in [-0.3, -0.25) is 4.40 Å². The highest BCUT2D eigenvalue weighted by atomic mass is 16.5. The van der Waals surface area contributed by atoms with Gasteiger partial charge in [-0.2, -0.15) is 0 Å². The summed E-state index contributed by atoms with van der Waals surface area (Å²) in [5.74, 6) is 1.59. The number of hydrogen-bond donors (Lipinski definition) is 0. The maximum absolute atomic E-state index is 5.51. The van der Waals surface area contributed by atoms with E-state index < -0.39 is 0 Å². The van der Waals surface area contributed by atoms with E-state index in [9.17, 15) is 0 Å². The highest BCUT2D eigenvalue weighted by Crippen LogP contribution is 2.39. The molecule has 0 amide bonds. The average molecular weight is 411 g/mol. The van der Waals surface area contributed by atoms with Crippen LogP contribution in [0, 0.1) is 0 Å². The van der Waals surface area contributed by atoms with E-state index in [2.05, 4.69) is 61.3 Å². The van der Waals surface area contributed by atoms with Gasteiger partial charge in [-0.25, -0.2) is 15.0 Å². The zero-order valence-corrected chi connectivity index (χ0v) is 18.5. The zero-order chi connectivity index (χ0) is 21.7. The molecule has 5 aromatic rings. The van der Waals surface area contributed by atoms with Crippen LogP contribution in [0.3, 0.4) is 0 Å². The molecule has 0 atom stereocenters. The Morgan fingerprint density at radius 3 is 2.19 bits per heavy atom. The molecule has 31 heavy (non-hydrogen) atoms. The van der Waals surface area contributed by atoms with Gasteiger partial charge in [0.15, 0.2) is 0 Å². The highest BCUT2D eigenvalue weighted by molar-refractivity contribution is 6.11. The number of imidazole rings is 1. The molecular formula is C26H26N4O. The third-order valence-electron chi connectivity index (χ3n) is 6.05. The standard InChI is InChI=1S/C26H26N4O/c1-15(2)18-7-6-8-19(16(3)4)24(18)23-13-28-25-21-11-17(31-5)9-10-20(21)22-12-27-14-29-26(22)30(23)25/h6-16H,1-5H3. The second kappa shape index (κ2) is 7.34. The number of pyridine rings is 1. The van der Waals surface area contributed by atoms with E-state index in [-0.39, 0.29) is 0 Å². The van der Waals surface area contributed by atoms with E-state index in [1.807, 2.05) is 24.5 Å². The number of hydrogen-bond acceptors (Lipinski definition) is 4. The first-order valence-electron chi connectivity index (χ1n) is 10.7. The van der Waals surface area contributed by atoms with Crippen LogP contribution in [0.5, 0.6) is 5.75 Å². The Kier molecular flexibility index (Phi) is 4.62. The Hall–Kier alpha value is -3.47. The molecule has 0 bridgehead atoms. The molecule has 3 aromatic heterocycles. The number of aromatic nitrogens is 4. The molecular weight excluding hydrogens is 384 g/mol. The molecule has 156 valence electrons. The topological polar surface area (TPSA) is 52.3 Å². The Balaban J connectivity index is 1.99. The molecule has 5 heteroatoms. The fourth-order valence-electron chi connectivity index (χ4n) is 4.54. The van der Waals surface area contributed by atoms with Crippen LogP contribution in [0.2, 0.25) is 0 Å². The van der Waals surface area contributed by atoms with Gasteiger partial charge in [0.1, 0.15) is 23.4 Å². The molecule has 0 unspecified atom stereocenters. The minimum Gasteiger partial charge on any atom is -0.497 e. The second-order valence-electron chi connectivity index (χ2n) is 8.59. The van der Waals surface area contributed by atoms with Gasteiger partial charge in [0, 0.05) is 22.5 Å². The predicted octanol–water partition coefficient (Wildman–Crippen LogP) is 6.35. The lowest BCUT2D eigenvalue weighted by Crippen LogP contribution is -2.03. The summed E-state index contributed by atoms with van der Waals surface area (Å²) in [6, 6.07) is 12.7.